The van der Waals surface area contributed by atoms with E-state index in [-0.39, 0.29) is 5.56 Å². The zero-order chi connectivity index (χ0) is 21.8. The van der Waals surface area contributed by atoms with Crippen LogP contribution in [0, 0.1) is 6.92 Å². The van der Waals surface area contributed by atoms with Crippen LogP contribution in [0.25, 0.3) is 10.2 Å². The average Bonchev–Trinajstić information content (AvgIpc) is 3.16. The van der Waals surface area contributed by atoms with Gasteiger partial charge in [0, 0.05) is 11.4 Å². The van der Waals surface area contributed by atoms with Crippen molar-refractivity contribution in [1.29, 1.82) is 0 Å². The SMILES string of the molecule is CCN(CC)Cc1nc2sc3c(c2c(=O)n1CCCOc1ccc(C)cc1)CCCC3. The van der Waals surface area contributed by atoms with Crippen molar-refractivity contribution >= 4 is 21.6 Å². The number of hydrogen-bond acceptors (Lipinski definition) is 5. The van der Waals surface area contributed by atoms with Gasteiger partial charge in [-0.1, -0.05) is 31.5 Å². The summed E-state index contributed by atoms with van der Waals surface area (Å²) in [6.07, 6.45) is 5.27. The van der Waals surface area contributed by atoms with Crippen LogP contribution in [0.3, 0.4) is 0 Å². The first kappa shape index (κ1) is 22.0. The molecule has 1 aromatic carbocycles. The van der Waals surface area contributed by atoms with Gasteiger partial charge in [-0.05, 0) is 69.8 Å². The molecule has 0 unspecified atom stereocenters. The Bertz CT molecular complexity index is 1080. The first-order valence-electron chi connectivity index (χ1n) is 11.6. The number of aromatic nitrogens is 2. The summed E-state index contributed by atoms with van der Waals surface area (Å²) in [5, 5.41) is 0.877. The molecule has 0 amide bonds. The van der Waals surface area contributed by atoms with Crippen LogP contribution in [0.1, 0.15) is 54.9 Å². The number of hydrogen-bond donors (Lipinski definition) is 0. The maximum Gasteiger partial charge on any atom is 0.262 e. The Morgan fingerprint density at radius 1 is 1.13 bits per heavy atom. The highest BCUT2D eigenvalue weighted by atomic mass is 32.1. The molecular weight excluding hydrogens is 406 g/mol. The van der Waals surface area contributed by atoms with Crippen LogP contribution < -0.4 is 10.3 Å². The second-order valence-electron chi connectivity index (χ2n) is 8.35. The highest BCUT2D eigenvalue weighted by Crippen LogP contribution is 2.33. The van der Waals surface area contributed by atoms with E-state index in [2.05, 4.69) is 37.8 Å². The monoisotopic (exact) mass is 439 g/mol. The van der Waals surface area contributed by atoms with E-state index in [1.165, 1.54) is 28.8 Å². The van der Waals surface area contributed by atoms with Crippen molar-refractivity contribution in [2.75, 3.05) is 19.7 Å². The number of thiophene rings is 1. The molecule has 166 valence electrons. The first-order valence-corrected chi connectivity index (χ1v) is 12.4. The molecule has 0 saturated carbocycles. The molecule has 0 atom stereocenters. The molecule has 0 aliphatic heterocycles. The van der Waals surface area contributed by atoms with Gasteiger partial charge in [-0.2, -0.15) is 0 Å². The Hall–Kier alpha value is -2.18. The molecule has 0 radical (unpaired) electrons. The van der Waals surface area contributed by atoms with Gasteiger partial charge in [0.15, 0.2) is 0 Å². The zero-order valence-corrected chi connectivity index (χ0v) is 19.8. The van der Waals surface area contributed by atoms with E-state index in [4.69, 9.17) is 9.72 Å². The van der Waals surface area contributed by atoms with Crippen molar-refractivity contribution in [3.63, 3.8) is 0 Å². The smallest absolute Gasteiger partial charge is 0.262 e. The van der Waals surface area contributed by atoms with Crippen LogP contribution in [0.2, 0.25) is 0 Å². The van der Waals surface area contributed by atoms with Gasteiger partial charge in [-0.25, -0.2) is 4.98 Å². The van der Waals surface area contributed by atoms with E-state index in [0.29, 0.717) is 19.7 Å². The summed E-state index contributed by atoms with van der Waals surface area (Å²) >= 11 is 1.74. The lowest BCUT2D eigenvalue weighted by atomic mass is 9.97. The molecule has 1 aliphatic rings. The Morgan fingerprint density at radius 3 is 2.61 bits per heavy atom. The molecular formula is C25H33N3O2S. The summed E-state index contributed by atoms with van der Waals surface area (Å²) in [4.78, 5) is 23.3. The second-order valence-corrected chi connectivity index (χ2v) is 9.44. The number of benzene rings is 1. The lowest BCUT2D eigenvalue weighted by molar-refractivity contribution is 0.274. The third-order valence-electron chi connectivity index (χ3n) is 6.23. The van der Waals surface area contributed by atoms with Gasteiger partial charge in [-0.3, -0.25) is 14.3 Å². The molecule has 1 aliphatic carbocycles. The Labute approximate surface area is 188 Å². The fourth-order valence-electron chi connectivity index (χ4n) is 4.33. The number of aryl methyl sites for hydroxylation is 3. The van der Waals surface area contributed by atoms with Gasteiger partial charge in [0.25, 0.3) is 5.56 Å². The van der Waals surface area contributed by atoms with Gasteiger partial charge >= 0.3 is 0 Å². The van der Waals surface area contributed by atoms with Gasteiger partial charge in [0.05, 0.1) is 18.5 Å². The molecule has 2 aromatic heterocycles. The summed E-state index contributed by atoms with van der Waals surface area (Å²) in [5.41, 5.74) is 2.63. The lowest BCUT2D eigenvalue weighted by Gasteiger charge is -2.20. The molecule has 31 heavy (non-hydrogen) atoms. The Morgan fingerprint density at radius 2 is 1.87 bits per heavy atom. The normalized spacial score (nSPS) is 13.7. The predicted molar refractivity (Wildman–Crippen MR) is 128 cm³/mol. The standard InChI is InChI=1S/C25H33N3O2S/c1-4-27(5-2)17-22-26-24-23(20-9-6-7-10-21(20)31-24)25(29)28(22)15-8-16-30-19-13-11-18(3)12-14-19/h11-14H,4-10,15-17H2,1-3H3. The van der Waals surface area contributed by atoms with Crippen molar-refractivity contribution < 1.29 is 4.74 Å². The number of nitrogens with zero attached hydrogens (tertiary/aromatic N) is 3. The summed E-state index contributed by atoms with van der Waals surface area (Å²) in [7, 11) is 0. The quantitative estimate of drug-likeness (QED) is 0.442. The van der Waals surface area contributed by atoms with Crippen LogP contribution in [0.15, 0.2) is 29.1 Å². The largest absolute Gasteiger partial charge is 0.494 e. The minimum atomic E-state index is 0.141. The minimum absolute atomic E-state index is 0.141. The summed E-state index contributed by atoms with van der Waals surface area (Å²) in [6, 6.07) is 8.11. The van der Waals surface area contributed by atoms with Crippen LogP contribution in [-0.4, -0.2) is 34.1 Å². The molecule has 2 heterocycles. The van der Waals surface area contributed by atoms with E-state index in [0.717, 1.165) is 54.1 Å². The topological polar surface area (TPSA) is 47.4 Å². The summed E-state index contributed by atoms with van der Waals surface area (Å²) in [6.45, 7) is 10.2. The van der Waals surface area contributed by atoms with Gasteiger partial charge in [0.1, 0.15) is 16.4 Å². The van der Waals surface area contributed by atoms with Gasteiger partial charge < -0.3 is 4.74 Å². The zero-order valence-electron chi connectivity index (χ0n) is 18.9. The minimum Gasteiger partial charge on any atom is -0.494 e. The van der Waals surface area contributed by atoms with E-state index in [1.54, 1.807) is 11.3 Å². The molecule has 0 spiro atoms. The number of ether oxygens (including phenoxy) is 1. The molecule has 3 aromatic rings. The van der Waals surface area contributed by atoms with Crippen LogP contribution in [0.5, 0.6) is 5.75 Å². The lowest BCUT2D eigenvalue weighted by Crippen LogP contribution is -2.31. The third kappa shape index (κ3) is 4.85. The predicted octanol–water partition coefficient (Wildman–Crippen LogP) is 4.96. The van der Waals surface area contributed by atoms with Gasteiger partial charge in [-0.15, -0.1) is 11.3 Å². The fraction of sp³-hybridized carbons (Fsp3) is 0.520. The summed E-state index contributed by atoms with van der Waals surface area (Å²) in [5.74, 6) is 1.76. The van der Waals surface area contributed by atoms with Crippen LogP contribution >= 0.6 is 11.3 Å². The number of rotatable bonds is 9. The Balaban J connectivity index is 1.59. The third-order valence-corrected chi connectivity index (χ3v) is 7.41. The molecule has 0 N–H and O–H groups in total. The van der Waals surface area contributed by atoms with E-state index < -0.39 is 0 Å². The summed E-state index contributed by atoms with van der Waals surface area (Å²) < 4.78 is 7.82. The Kier molecular flexibility index (Phi) is 7.08. The van der Waals surface area contributed by atoms with Crippen LogP contribution in [-0.2, 0) is 25.9 Å². The van der Waals surface area contributed by atoms with E-state index in [1.807, 2.05) is 16.7 Å². The number of fused-ring (bicyclic) bond motifs is 3. The molecule has 6 heteroatoms. The maximum absolute atomic E-state index is 13.6. The highest BCUT2D eigenvalue weighted by Gasteiger charge is 2.22. The van der Waals surface area contributed by atoms with E-state index in [9.17, 15) is 4.79 Å². The second kappa shape index (κ2) is 9.96. The molecule has 5 nitrogen and oxygen atoms in total. The molecule has 0 bridgehead atoms. The highest BCUT2D eigenvalue weighted by molar-refractivity contribution is 7.18. The van der Waals surface area contributed by atoms with Crippen LogP contribution in [0.4, 0.5) is 0 Å². The van der Waals surface area contributed by atoms with Crippen molar-refractivity contribution in [2.45, 2.75) is 66.0 Å². The molecule has 0 saturated heterocycles. The van der Waals surface area contributed by atoms with Crippen molar-refractivity contribution in [1.82, 2.24) is 14.5 Å². The first-order chi connectivity index (χ1) is 15.1. The molecule has 0 fully saturated rings. The van der Waals surface area contributed by atoms with Crippen molar-refractivity contribution in [3.8, 4) is 5.75 Å². The maximum atomic E-state index is 13.6. The van der Waals surface area contributed by atoms with Crippen molar-refractivity contribution in [2.24, 2.45) is 0 Å². The average molecular weight is 440 g/mol. The molecule has 4 rings (SSSR count). The van der Waals surface area contributed by atoms with E-state index >= 15 is 0 Å². The van der Waals surface area contributed by atoms with Gasteiger partial charge in [0.2, 0.25) is 0 Å². The fourth-order valence-corrected chi connectivity index (χ4v) is 5.60. The van der Waals surface area contributed by atoms with Crippen molar-refractivity contribution in [3.05, 3.63) is 56.4 Å².